The Hall–Kier alpha value is -2.95. The Morgan fingerprint density at radius 1 is 1.04 bits per heavy atom. The summed E-state index contributed by atoms with van der Waals surface area (Å²) < 4.78 is 1.62. The second-order valence-corrected chi connectivity index (χ2v) is 5.99. The van der Waals surface area contributed by atoms with E-state index in [-0.39, 0.29) is 5.91 Å². The molecule has 0 aliphatic carbocycles. The maximum Gasteiger partial charge on any atom is 0.273 e. The van der Waals surface area contributed by atoms with Gasteiger partial charge in [-0.2, -0.15) is 0 Å². The summed E-state index contributed by atoms with van der Waals surface area (Å²) in [4.78, 5) is 12.2. The average molecular weight is 320 g/mol. The first kappa shape index (κ1) is 15.9. The van der Waals surface area contributed by atoms with E-state index in [9.17, 15) is 4.79 Å². The minimum Gasteiger partial charge on any atom is -0.347 e. The molecule has 1 aromatic heterocycles. The fourth-order valence-electron chi connectivity index (χ4n) is 2.34. The van der Waals surface area contributed by atoms with Gasteiger partial charge in [0.25, 0.3) is 5.91 Å². The van der Waals surface area contributed by atoms with Crippen LogP contribution in [-0.4, -0.2) is 20.9 Å². The molecular formula is C19H20N4O. The lowest BCUT2D eigenvalue weighted by Crippen LogP contribution is -2.23. The van der Waals surface area contributed by atoms with Gasteiger partial charge in [0.2, 0.25) is 0 Å². The molecule has 122 valence electrons. The smallest absolute Gasteiger partial charge is 0.273 e. The summed E-state index contributed by atoms with van der Waals surface area (Å²) in [5.41, 5.74) is 5.84. The molecule has 0 spiro atoms. The Kier molecular flexibility index (Phi) is 4.42. The molecule has 0 saturated heterocycles. The summed E-state index contributed by atoms with van der Waals surface area (Å²) in [7, 11) is 0. The molecule has 0 atom stereocenters. The molecule has 0 radical (unpaired) electrons. The second-order valence-electron chi connectivity index (χ2n) is 5.99. The van der Waals surface area contributed by atoms with Crippen molar-refractivity contribution in [3.8, 4) is 5.69 Å². The minimum atomic E-state index is -0.231. The van der Waals surface area contributed by atoms with E-state index in [0.29, 0.717) is 12.2 Å². The van der Waals surface area contributed by atoms with Crippen LogP contribution in [0, 0.1) is 20.8 Å². The molecule has 1 N–H and O–H groups in total. The number of nitrogens with one attached hydrogen (secondary N) is 1. The van der Waals surface area contributed by atoms with Crippen molar-refractivity contribution >= 4 is 5.91 Å². The molecule has 0 unspecified atom stereocenters. The van der Waals surface area contributed by atoms with E-state index in [2.05, 4.69) is 22.6 Å². The number of benzene rings is 2. The first-order chi connectivity index (χ1) is 11.5. The van der Waals surface area contributed by atoms with Gasteiger partial charge < -0.3 is 5.32 Å². The van der Waals surface area contributed by atoms with E-state index >= 15 is 0 Å². The molecule has 5 nitrogen and oxygen atoms in total. The highest BCUT2D eigenvalue weighted by molar-refractivity contribution is 5.91. The van der Waals surface area contributed by atoms with E-state index < -0.39 is 0 Å². The van der Waals surface area contributed by atoms with Crippen molar-refractivity contribution in [2.45, 2.75) is 27.3 Å². The van der Waals surface area contributed by atoms with E-state index in [0.717, 1.165) is 11.3 Å². The third-order valence-corrected chi connectivity index (χ3v) is 4.05. The zero-order chi connectivity index (χ0) is 17.1. The first-order valence-corrected chi connectivity index (χ1v) is 7.86. The summed E-state index contributed by atoms with van der Waals surface area (Å²) in [5, 5.41) is 10.9. The summed E-state index contributed by atoms with van der Waals surface area (Å²) in [5.74, 6) is -0.231. The molecule has 24 heavy (non-hydrogen) atoms. The van der Waals surface area contributed by atoms with Crippen LogP contribution in [0.3, 0.4) is 0 Å². The molecular weight excluding hydrogens is 300 g/mol. The van der Waals surface area contributed by atoms with Crippen LogP contribution >= 0.6 is 0 Å². The lowest BCUT2D eigenvalue weighted by molar-refractivity contribution is 0.0946. The largest absolute Gasteiger partial charge is 0.347 e. The Morgan fingerprint density at radius 2 is 1.79 bits per heavy atom. The third kappa shape index (κ3) is 3.51. The maximum atomic E-state index is 12.2. The number of aromatic nitrogens is 3. The zero-order valence-corrected chi connectivity index (χ0v) is 14.1. The van der Waals surface area contributed by atoms with Crippen LogP contribution < -0.4 is 5.32 Å². The predicted octanol–water partition coefficient (Wildman–Crippen LogP) is 3.12. The SMILES string of the molecule is Cc1ccc(CNC(=O)c2cn(-c3ccc(C)c(C)c3)nn2)cc1. The molecule has 0 saturated carbocycles. The number of hydrogen-bond donors (Lipinski definition) is 1. The van der Waals surface area contributed by atoms with Crippen LogP contribution in [0.4, 0.5) is 0 Å². The molecule has 1 heterocycles. The van der Waals surface area contributed by atoms with Crippen molar-refractivity contribution in [2.75, 3.05) is 0 Å². The highest BCUT2D eigenvalue weighted by Crippen LogP contribution is 2.13. The summed E-state index contributed by atoms with van der Waals surface area (Å²) in [6.45, 7) is 6.61. The van der Waals surface area contributed by atoms with Crippen molar-refractivity contribution in [1.29, 1.82) is 0 Å². The number of hydrogen-bond acceptors (Lipinski definition) is 3. The zero-order valence-electron chi connectivity index (χ0n) is 14.1. The molecule has 0 aliphatic heterocycles. The van der Waals surface area contributed by atoms with Crippen LogP contribution in [0.2, 0.25) is 0 Å². The Balaban J connectivity index is 1.69. The quantitative estimate of drug-likeness (QED) is 0.803. The van der Waals surface area contributed by atoms with Gasteiger partial charge in [0, 0.05) is 6.54 Å². The van der Waals surface area contributed by atoms with Crippen molar-refractivity contribution in [3.63, 3.8) is 0 Å². The topological polar surface area (TPSA) is 59.8 Å². The Labute approximate surface area is 141 Å². The van der Waals surface area contributed by atoms with Crippen molar-refractivity contribution in [3.05, 3.63) is 76.6 Å². The molecule has 1 amide bonds. The van der Waals surface area contributed by atoms with Crippen molar-refractivity contribution in [1.82, 2.24) is 20.3 Å². The molecule has 3 aromatic rings. The minimum absolute atomic E-state index is 0.231. The third-order valence-electron chi connectivity index (χ3n) is 4.05. The van der Waals surface area contributed by atoms with Crippen molar-refractivity contribution in [2.24, 2.45) is 0 Å². The van der Waals surface area contributed by atoms with Crippen LogP contribution in [-0.2, 0) is 6.54 Å². The number of carbonyl (C=O) groups is 1. The lowest BCUT2D eigenvalue weighted by Gasteiger charge is -2.04. The monoisotopic (exact) mass is 320 g/mol. The lowest BCUT2D eigenvalue weighted by atomic mass is 10.1. The molecule has 2 aromatic carbocycles. The maximum absolute atomic E-state index is 12.2. The van der Waals surface area contributed by atoms with Gasteiger partial charge in [0.1, 0.15) is 0 Å². The highest BCUT2D eigenvalue weighted by Gasteiger charge is 2.11. The average Bonchev–Trinajstić information content (AvgIpc) is 3.07. The van der Waals surface area contributed by atoms with Gasteiger partial charge >= 0.3 is 0 Å². The normalized spacial score (nSPS) is 10.6. The van der Waals surface area contributed by atoms with Crippen LogP contribution in [0.1, 0.15) is 32.7 Å². The molecule has 0 bridgehead atoms. The van der Waals surface area contributed by atoms with E-state index in [1.54, 1.807) is 10.9 Å². The van der Waals surface area contributed by atoms with E-state index in [4.69, 9.17) is 0 Å². The van der Waals surface area contributed by atoms with Crippen molar-refractivity contribution < 1.29 is 4.79 Å². The first-order valence-electron chi connectivity index (χ1n) is 7.86. The Bertz CT molecular complexity index is 865. The summed E-state index contributed by atoms with van der Waals surface area (Å²) in [6, 6.07) is 14.1. The van der Waals surface area contributed by atoms with Gasteiger partial charge in [-0.05, 0) is 49.6 Å². The van der Waals surface area contributed by atoms with Gasteiger partial charge in [-0.1, -0.05) is 41.1 Å². The number of amides is 1. The number of nitrogens with zero attached hydrogens (tertiary/aromatic N) is 3. The fraction of sp³-hybridized carbons (Fsp3) is 0.211. The highest BCUT2D eigenvalue weighted by atomic mass is 16.2. The number of carbonyl (C=O) groups excluding carboxylic acids is 1. The van der Waals surface area contributed by atoms with E-state index in [1.165, 1.54) is 16.7 Å². The van der Waals surface area contributed by atoms with Crippen LogP contribution in [0.15, 0.2) is 48.7 Å². The van der Waals surface area contributed by atoms with Gasteiger partial charge in [0.15, 0.2) is 5.69 Å². The van der Waals surface area contributed by atoms with Crippen LogP contribution in [0.5, 0.6) is 0 Å². The summed E-state index contributed by atoms with van der Waals surface area (Å²) in [6.07, 6.45) is 1.65. The molecule has 3 rings (SSSR count). The second kappa shape index (κ2) is 6.66. The fourth-order valence-corrected chi connectivity index (χ4v) is 2.34. The molecule has 5 heteroatoms. The number of rotatable bonds is 4. The summed E-state index contributed by atoms with van der Waals surface area (Å²) >= 11 is 0. The molecule has 0 aliphatic rings. The van der Waals surface area contributed by atoms with Crippen LogP contribution in [0.25, 0.3) is 5.69 Å². The molecule has 0 fully saturated rings. The van der Waals surface area contributed by atoms with Gasteiger partial charge in [-0.25, -0.2) is 4.68 Å². The van der Waals surface area contributed by atoms with Gasteiger partial charge in [0.05, 0.1) is 11.9 Å². The Morgan fingerprint density at radius 3 is 2.50 bits per heavy atom. The predicted molar refractivity (Wildman–Crippen MR) is 93.2 cm³/mol. The number of aryl methyl sites for hydroxylation is 3. The van der Waals surface area contributed by atoms with Gasteiger partial charge in [-0.3, -0.25) is 4.79 Å². The standard InChI is InChI=1S/C19H20N4O/c1-13-4-7-16(8-5-13)11-20-19(24)18-12-23(22-21-18)17-9-6-14(2)15(3)10-17/h4-10,12H,11H2,1-3H3,(H,20,24). The van der Waals surface area contributed by atoms with E-state index in [1.807, 2.05) is 56.3 Å². The van der Waals surface area contributed by atoms with Gasteiger partial charge in [-0.15, -0.1) is 5.10 Å².